The molecule has 1 saturated carbocycles. The molecule has 1 aromatic heterocycles. The maximum atomic E-state index is 6.50. The first kappa shape index (κ1) is 15.5. The van der Waals surface area contributed by atoms with Gasteiger partial charge in [-0.15, -0.1) is 0 Å². The first-order valence-corrected chi connectivity index (χ1v) is 7.81. The molecule has 0 radical (unpaired) electrons. The standard InChI is InChI=1S/C16H29N3O/c1-12(2)19-9-7-14(18-19)10-15(17)16(20-4)8-5-6-13(3)11-16/h7,9,12-13,15H,5-6,8,10-11,17H2,1-4H3. The third-order valence-corrected chi connectivity index (χ3v) is 4.69. The first-order valence-electron chi connectivity index (χ1n) is 7.81. The molecule has 1 aromatic rings. The Morgan fingerprint density at radius 2 is 2.30 bits per heavy atom. The van der Waals surface area contributed by atoms with Crippen molar-refractivity contribution in [1.29, 1.82) is 0 Å². The summed E-state index contributed by atoms with van der Waals surface area (Å²) >= 11 is 0. The minimum absolute atomic E-state index is 0.0192. The number of nitrogens with two attached hydrogens (primary N) is 1. The monoisotopic (exact) mass is 279 g/mol. The third kappa shape index (κ3) is 3.23. The fourth-order valence-corrected chi connectivity index (χ4v) is 3.40. The van der Waals surface area contributed by atoms with E-state index in [1.807, 2.05) is 18.0 Å². The Kier molecular flexibility index (Phi) is 4.86. The SMILES string of the molecule is COC1(C(N)Cc2ccn(C(C)C)n2)CCCC(C)C1. The van der Waals surface area contributed by atoms with Gasteiger partial charge in [-0.05, 0) is 38.7 Å². The minimum atomic E-state index is -0.167. The summed E-state index contributed by atoms with van der Waals surface area (Å²) in [5, 5.41) is 4.61. The van der Waals surface area contributed by atoms with Crippen molar-refractivity contribution in [2.75, 3.05) is 7.11 Å². The van der Waals surface area contributed by atoms with Gasteiger partial charge >= 0.3 is 0 Å². The van der Waals surface area contributed by atoms with Crippen LogP contribution in [0.4, 0.5) is 0 Å². The Hall–Kier alpha value is -0.870. The van der Waals surface area contributed by atoms with Crippen LogP contribution in [0.15, 0.2) is 12.3 Å². The zero-order chi connectivity index (χ0) is 14.8. The molecule has 114 valence electrons. The zero-order valence-electron chi connectivity index (χ0n) is 13.3. The van der Waals surface area contributed by atoms with E-state index in [4.69, 9.17) is 10.5 Å². The average Bonchev–Trinajstić information content (AvgIpc) is 2.87. The summed E-state index contributed by atoms with van der Waals surface area (Å²) < 4.78 is 7.87. The molecule has 0 saturated heterocycles. The molecule has 4 heteroatoms. The molecule has 4 nitrogen and oxygen atoms in total. The smallest absolute Gasteiger partial charge is 0.0835 e. The van der Waals surface area contributed by atoms with Crippen LogP contribution < -0.4 is 5.73 Å². The second-order valence-corrected chi connectivity index (χ2v) is 6.66. The summed E-state index contributed by atoms with van der Waals surface area (Å²) in [4.78, 5) is 0. The van der Waals surface area contributed by atoms with Gasteiger partial charge in [-0.1, -0.05) is 19.8 Å². The maximum absolute atomic E-state index is 6.50. The molecule has 1 fully saturated rings. The highest BCUT2D eigenvalue weighted by Crippen LogP contribution is 2.37. The highest BCUT2D eigenvalue weighted by atomic mass is 16.5. The van der Waals surface area contributed by atoms with Gasteiger partial charge in [0.05, 0.1) is 11.3 Å². The maximum Gasteiger partial charge on any atom is 0.0835 e. The number of rotatable bonds is 5. The summed E-state index contributed by atoms with van der Waals surface area (Å²) in [6, 6.07) is 2.49. The molecule has 3 atom stereocenters. The fourth-order valence-electron chi connectivity index (χ4n) is 3.40. The number of hydrogen-bond acceptors (Lipinski definition) is 3. The van der Waals surface area contributed by atoms with E-state index in [1.54, 1.807) is 0 Å². The van der Waals surface area contributed by atoms with Gasteiger partial charge < -0.3 is 10.5 Å². The van der Waals surface area contributed by atoms with Crippen molar-refractivity contribution < 1.29 is 4.74 Å². The lowest BCUT2D eigenvalue weighted by molar-refractivity contribution is -0.0707. The van der Waals surface area contributed by atoms with Crippen molar-refractivity contribution in [2.24, 2.45) is 11.7 Å². The molecule has 1 aliphatic rings. The van der Waals surface area contributed by atoms with Crippen molar-refractivity contribution in [3.63, 3.8) is 0 Å². The zero-order valence-corrected chi connectivity index (χ0v) is 13.3. The minimum Gasteiger partial charge on any atom is -0.377 e. The van der Waals surface area contributed by atoms with E-state index in [0.29, 0.717) is 12.0 Å². The number of ether oxygens (including phenoxy) is 1. The predicted octanol–water partition coefficient (Wildman–Crippen LogP) is 2.93. The summed E-state index contributed by atoms with van der Waals surface area (Å²) in [7, 11) is 1.81. The molecule has 1 heterocycles. The van der Waals surface area contributed by atoms with Crippen LogP contribution in [0.3, 0.4) is 0 Å². The van der Waals surface area contributed by atoms with E-state index in [2.05, 4.69) is 31.9 Å². The van der Waals surface area contributed by atoms with Crippen molar-refractivity contribution in [2.45, 2.75) is 70.6 Å². The lowest BCUT2D eigenvalue weighted by Crippen LogP contribution is -2.53. The molecular weight excluding hydrogens is 250 g/mol. The summed E-state index contributed by atoms with van der Waals surface area (Å²) in [6.07, 6.45) is 7.47. The molecule has 0 amide bonds. The molecule has 0 bridgehead atoms. The summed E-state index contributed by atoms with van der Waals surface area (Å²) in [5.74, 6) is 0.697. The molecule has 2 N–H and O–H groups in total. The van der Waals surface area contributed by atoms with Crippen molar-refractivity contribution >= 4 is 0 Å². The molecule has 20 heavy (non-hydrogen) atoms. The third-order valence-electron chi connectivity index (χ3n) is 4.69. The van der Waals surface area contributed by atoms with Gasteiger partial charge in [0.1, 0.15) is 0 Å². The van der Waals surface area contributed by atoms with Crippen LogP contribution in [0.1, 0.15) is 58.2 Å². The fraction of sp³-hybridized carbons (Fsp3) is 0.812. The van der Waals surface area contributed by atoms with Gasteiger partial charge in [-0.25, -0.2) is 0 Å². The molecule has 0 aliphatic heterocycles. The van der Waals surface area contributed by atoms with Crippen LogP contribution >= 0.6 is 0 Å². The van der Waals surface area contributed by atoms with Crippen LogP contribution in [0, 0.1) is 5.92 Å². The van der Waals surface area contributed by atoms with Gasteiger partial charge in [0.15, 0.2) is 0 Å². The highest BCUT2D eigenvalue weighted by Gasteiger charge is 2.40. The van der Waals surface area contributed by atoms with E-state index in [1.165, 1.54) is 12.8 Å². The van der Waals surface area contributed by atoms with Gasteiger partial charge in [0.2, 0.25) is 0 Å². The van der Waals surface area contributed by atoms with Gasteiger partial charge in [-0.2, -0.15) is 5.10 Å². The molecule has 1 aliphatic carbocycles. The lowest BCUT2D eigenvalue weighted by Gasteiger charge is -2.43. The number of aromatic nitrogens is 2. The Morgan fingerprint density at radius 3 is 2.85 bits per heavy atom. The van der Waals surface area contributed by atoms with Crippen molar-refractivity contribution in [3.8, 4) is 0 Å². The normalized spacial score (nSPS) is 28.8. The van der Waals surface area contributed by atoms with E-state index in [-0.39, 0.29) is 11.6 Å². The summed E-state index contributed by atoms with van der Waals surface area (Å²) in [6.45, 7) is 6.57. The van der Waals surface area contributed by atoms with Crippen LogP contribution in [0.2, 0.25) is 0 Å². The van der Waals surface area contributed by atoms with Gasteiger partial charge in [0.25, 0.3) is 0 Å². The Morgan fingerprint density at radius 1 is 1.55 bits per heavy atom. The van der Waals surface area contributed by atoms with E-state index in [0.717, 1.165) is 25.0 Å². The summed E-state index contributed by atoms with van der Waals surface area (Å²) in [5.41, 5.74) is 7.40. The van der Waals surface area contributed by atoms with Gasteiger partial charge in [0, 0.05) is 31.8 Å². The molecule has 0 aromatic carbocycles. The molecule has 2 rings (SSSR count). The topological polar surface area (TPSA) is 53.1 Å². The first-order chi connectivity index (χ1) is 9.47. The van der Waals surface area contributed by atoms with E-state index >= 15 is 0 Å². The number of nitrogens with zero attached hydrogens (tertiary/aromatic N) is 2. The Balaban J connectivity index is 2.06. The number of hydrogen-bond donors (Lipinski definition) is 1. The quantitative estimate of drug-likeness (QED) is 0.901. The second-order valence-electron chi connectivity index (χ2n) is 6.66. The van der Waals surface area contributed by atoms with Crippen molar-refractivity contribution in [3.05, 3.63) is 18.0 Å². The lowest BCUT2D eigenvalue weighted by atomic mass is 9.74. The van der Waals surface area contributed by atoms with Gasteiger partial charge in [-0.3, -0.25) is 4.68 Å². The van der Waals surface area contributed by atoms with Crippen LogP contribution in [0.25, 0.3) is 0 Å². The van der Waals surface area contributed by atoms with Crippen LogP contribution in [-0.4, -0.2) is 28.5 Å². The Bertz CT molecular complexity index is 429. The predicted molar refractivity (Wildman–Crippen MR) is 81.7 cm³/mol. The highest BCUT2D eigenvalue weighted by molar-refractivity contribution is 5.06. The van der Waals surface area contributed by atoms with Crippen molar-refractivity contribution in [1.82, 2.24) is 9.78 Å². The largest absolute Gasteiger partial charge is 0.377 e. The van der Waals surface area contributed by atoms with Crippen LogP contribution in [-0.2, 0) is 11.2 Å². The second kappa shape index (κ2) is 6.27. The van der Waals surface area contributed by atoms with Crippen LogP contribution in [0.5, 0.6) is 0 Å². The Labute approximate surface area is 122 Å². The molecule has 3 unspecified atom stereocenters. The molecular formula is C16H29N3O. The number of methoxy groups -OCH3 is 1. The van der Waals surface area contributed by atoms with E-state index in [9.17, 15) is 0 Å². The molecule has 0 spiro atoms. The van der Waals surface area contributed by atoms with E-state index < -0.39 is 0 Å². The average molecular weight is 279 g/mol.